The fourth-order valence-corrected chi connectivity index (χ4v) is 2.55. The van der Waals surface area contributed by atoms with Gasteiger partial charge in [0.15, 0.2) is 0 Å². The summed E-state index contributed by atoms with van der Waals surface area (Å²) >= 11 is 3.53. The molecular weight excluding hydrogens is 304 g/mol. The molecule has 4 heteroatoms. The van der Waals surface area contributed by atoms with Crippen molar-refractivity contribution in [1.29, 1.82) is 0 Å². The minimum atomic E-state index is -0.147. The number of aromatic nitrogens is 2. The van der Waals surface area contributed by atoms with Crippen molar-refractivity contribution in [3.63, 3.8) is 0 Å². The Hall–Kier alpha value is -1.94. The molecule has 0 spiro atoms. The Kier molecular flexibility index (Phi) is 3.17. The molecule has 3 nitrogen and oxygen atoms in total. The van der Waals surface area contributed by atoms with Gasteiger partial charge in [-0.25, -0.2) is 5.10 Å². The van der Waals surface area contributed by atoms with E-state index in [-0.39, 0.29) is 5.56 Å². The van der Waals surface area contributed by atoms with Gasteiger partial charge in [0.1, 0.15) is 0 Å². The van der Waals surface area contributed by atoms with Crippen molar-refractivity contribution in [3.8, 4) is 0 Å². The standard InChI is InChI=1S/C15H11BrN2O/c16-13-8-4-1-5-10(13)9-14-11-6-2-3-7-12(11)15(19)18-17-14/h1-8H,9H2,(H,18,19). The van der Waals surface area contributed by atoms with Crippen LogP contribution in [-0.4, -0.2) is 10.2 Å². The van der Waals surface area contributed by atoms with Gasteiger partial charge < -0.3 is 0 Å². The SMILES string of the molecule is O=c1[nH]nc(Cc2ccccc2Br)c2ccccc12. The molecule has 3 rings (SSSR count). The molecular formula is C15H11BrN2O. The van der Waals surface area contributed by atoms with Gasteiger partial charge in [0.05, 0.1) is 11.1 Å². The molecule has 0 radical (unpaired) electrons. The molecule has 0 aliphatic heterocycles. The molecule has 1 aromatic heterocycles. The second kappa shape index (κ2) is 4.97. The Bertz CT molecular complexity index is 795. The van der Waals surface area contributed by atoms with Crippen LogP contribution in [0.2, 0.25) is 0 Å². The average Bonchev–Trinajstić information content (AvgIpc) is 2.44. The van der Waals surface area contributed by atoms with Gasteiger partial charge in [-0.15, -0.1) is 0 Å². The zero-order valence-electron chi connectivity index (χ0n) is 10.1. The molecule has 1 heterocycles. The molecule has 0 unspecified atom stereocenters. The Morgan fingerprint density at radius 1 is 1.00 bits per heavy atom. The van der Waals surface area contributed by atoms with Gasteiger partial charge in [0.2, 0.25) is 0 Å². The maximum Gasteiger partial charge on any atom is 0.272 e. The zero-order chi connectivity index (χ0) is 13.2. The van der Waals surface area contributed by atoms with Gasteiger partial charge in [-0.3, -0.25) is 4.79 Å². The first-order valence-electron chi connectivity index (χ1n) is 5.95. The van der Waals surface area contributed by atoms with Crippen molar-refractivity contribution >= 4 is 26.7 Å². The van der Waals surface area contributed by atoms with E-state index in [1.54, 1.807) is 0 Å². The predicted octanol–water partition coefficient (Wildman–Crippen LogP) is 3.28. The Morgan fingerprint density at radius 3 is 2.47 bits per heavy atom. The largest absolute Gasteiger partial charge is 0.272 e. The molecule has 0 amide bonds. The van der Waals surface area contributed by atoms with E-state index in [2.05, 4.69) is 26.1 Å². The highest BCUT2D eigenvalue weighted by Gasteiger charge is 2.08. The molecule has 19 heavy (non-hydrogen) atoms. The first kappa shape index (κ1) is 12.1. The number of nitrogens with one attached hydrogen (secondary N) is 1. The van der Waals surface area contributed by atoms with Gasteiger partial charge in [-0.2, -0.15) is 5.10 Å². The second-order valence-electron chi connectivity index (χ2n) is 4.31. The van der Waals surface area contributed by atoms with E-state index in [4.69, 9.17) is 0 Å². The van der Waals surface area contributed by atoms with Crippen LogP contribution < -0.4 is 5.56 Å². The summed E-state index contributed by atoms with van der Waals surface area (Å²) in [5.41, 5.74) is 1.88. The van der Waals surface area contributed by atoms with Crippen LogP contribution in [0.25, 0.3) is 10.8 Å². The van der Waals surface area contributed by atoms with E-state index in [0.29, 0.717) is 11.8 Å². The van der Waals surface area contributed by atoms with Gasteiger partial charge in [0.25, 0.3) is 5.56 Å². The highest BCUT2D eigenvalue weighted by molar-refractivity contribution is 9.10. The fourth-order valence-electron chi connectivity index (χ4n) is 2.13. The normalized spacial score (nSPS) is 10.8. The third-order valence-corrected chi connectivity index (χ3v) is 3.86. The Labute approximate surface area is 118 Å². The third kappa shape index (κ3) is 2.31. The summed E-state index contributed by atoms with van der Waals surface area (Å²) in [5.74, 6) is 0. The molecule has 0 saturated heterocycles. The number of rotatable bonds is 2. The van der Waals surface area contributed by atoms with Crippen molar-refractivity contribution in [2.45, 2.75) is 6.42 Å². The summed E-state index contributed by atoms with van der Waals surface area (Å²) in [4.78, 5) is 11.7. The first-order valence-corrected chi connectivity index (χ1v) is 6.75. The van der Waals surface area contributed by atoms with Crippen molar-refractivity contribution in [2.24, 2.45) is 0 Å². The molecule has 1 N–H and O–H groups in total. The van der Waals surface area contributed by atoms with Crippen LogP contribution in [0.3, 0.4) is 0 Å². The average molecular weight is 315 g/mol. The number of halogens is 1. The molecule has 94 valence electrons. The van der Waals surface area contributed by atoms with Crippen LogP contribution in [0.15, 0.2) is 57.8 Å². The minimum Gasteiger partial charge on any atom is -0.267 e. The lowest BCUT2D eigenvalue weighted by molar-refractivity contribution is 0.932. The number of aromatic amines is 1. The maximum absolute atomic E-state index is 11.7. The van der Waals surface area contributed by atoms with E-state index in [9.17, 15) is 4.79 Å². The van der Waals surface area contributed by atoms with Crippen molar-refractivity contribution in [2.75, 3.05) is 0 Å². The molecule has 0 atom stereocenters. The Morgan fingerprint density at radius 2 is 1.68 bits per heavy atom. The van der Waals surface area contributed by atoms with E-state index in [1.165, 1.54) is 0 Å². The van der Waals surface area contributed by atoms with E-state index in [0.717, 1.165) is 21.1 Å². The highest BCUT2D eigenvalue weighted by Crippen LogP contribution is 2.21. The molecule has 3 aromatic rings. The van der Waals surface area contributed by atoms with Crippen LogP contribution in [0, 0.1) is 0 Å². The van der Waals surface area contributed by atoms with Gasteiger partial charge in [-0.1, -0.05) is 52.3 Å². The molecule has 0 bridgehead atoms. The first-order chi connectivity index (χ1) is 9.25. The van der Waals surface area contributed by atoms with Crippen molar-refractivity contribution < 1.29 is 0 Å². The van der Waals surface area contributed by atoms with Crippen LogP contribution >= 0.6 is 15.9 Å². The lowest BCUT2D eigenvalue weighted by Crippen LogP contribution is -2.11. The van der Waals surface area contributed by atoms with Gasteiger partial charge in [-0.05, 0) is 17.7 Å². The minimum absolute atomic E-state index is 0.147. The van der Waals surface area contributed by atoms with Crippen LogP contribution in [0.5, 0.6) is 0 Å². The Balaban J connectivity index is 2.14. The second-order valence-corrected chi connectivity index (χ2v) is 5.17. The number of hydrogen-bond acceptors (Lipinski definition) is 2. The quantitative estimate of drug-likeness (QED) is 0.789. The maximum atomic E-state index is 11.7. The van der Waals surface area contributed by atoms with E-state index < -0.39 is 0 Å². The number of H-pyrrole nitrogens is 1. The topological polar surface area (TPSA) is 45.8 Å². The predicted molar refractivity (Wildman–Crippen MR) is 79.3 cm³/mol. The lowest BCUT2D eigenvalue weighted by atomic mass is 10.0. The highest BCUT2D eigenvalue weighted by atomic mass is 79.9. The number of hydrogen-bond donors (Lipinski definition) is 1. The van der Waals surface area contributed by atoms with Crippen molar-refractivity contribution in [1.82, 2.24) is 10.2 Å². The summed E-state index contributed by atoms with van der Waals surface area (Å²) in [6, 6.07) is 15.6. The number of nitrogens with zero attached hydrogens (tertiary/aromatic N) is 1. The van der Waals surface area contributed by atoms with Crippen LogP contribution in [-0.2, 0) is 6.42 Å². The molecule has 0 fully saturated rings. The third-order valence-electron chi connectivity index (χ3n) is 3.09. The molecule has 0 aliphatic carbocycles. The number of benzene rings is 2. The van der Waals surface area contributed by atoms with Crippen molar-refractivity contribution in [3.05, 3.63) is 74.6 Å². The molecule has 0 saturated carbocycles. The summed E-state index contributed by atoms with van der Waals surface area (Å²) in [7, 11) is 0. The van der Waals surface area contributed by atoms with E-state index >= 15 is 0 Å². The number of fused-ring (bicyclic) bond motifs is 1. The summed E-state index contributed by atoms with van der Waals surface area (Å²) in [5, 5.41) is 8.33. The monoisotopic (exact) mass is 314 g/mol. The molecule has 0 aliphatic rings. The summed E-state index contributed by atoms with van der Waals surface area (Å²) in [6.45, 7) is 0. The smallest absolute Gasteiger partial charge is 0.267 e. The van der Waals surface area contributed by atoms with Gasteiger partial charge >= 0.3 is 0 Å². The molecule has 2 aromatic carbocycles. The summed E-state index contributed by atoms with van der Waals surface area (Å²) in [6.07, 6.45) is 0.679. The van der Waals surface area contributed by atoms with Gasteiger partial charge in [0, 0.05) is 16.3 Å². The van der Waals surface area contributed by atoms with E-state index in [1.807, 2.05) is 48.5 Å². The fraction of sp³-hybridized carbons (Fsp3) is 0.0667. The zero-order valence-corrected chi connectivity index (χ0v) is 11.6. The summed E-state index contributed by atoms with van der Waals surface area (Å²) < 4.78 is 1.05. The van der Waals surface area contributed by atoms with Crippen LogP contribution in [0.1, 0.15) is 11.3 Å². The lowest BCUT2D eigenvalue weighted by Gasteiger charge is -2.06. The van der Waals surface area contributed by atoms with Crippen LogP contribution in [0.4, 0.5) is 0 Å².